The van der Waals surface area contributed by atoms with Gasteiger partial charge in [-0.15, -0.1) is 0 Å². The molecule has 2 aliphatic rings. The monoisotopic (exact) mass is 483 g/mol. The van der Waals surface area contributed by atoms with Crippen molar-refractivity contribution in [2.75, 3.05) is 31.6 Å². The highest BCUT2D eigenvalue weighted by Gasteiger charge is 2.49. The minimum atomic E-state index is -0.381. The van der Waals surface area contributed by atoms with Crippen LogP contribution >= 0.6 is 0 Å². The molecule has 0 aromatic heterocycles. The SMILES string of the molecule is O=C(Nc1cccc(F)c1)N1CCCCN2[C@H](CO)[C@H](c3ccc(C#Cc4ccccc4)cc3)[C@H]2C1. The van der Waals surface area contributed by atoms with E-state index in [-0.39, 0.29) is 36.5 Å². The lowest BCUT2D eigenvalue weighted by Gasteiger charge is -2.57. The number of rotatable bonds is 3. The number of carbonyl (C=O) groups excluding carboxylic acids is 1. The molecule has 0 bridgehead atoms. The van der Waals surface area contributed by atoms with E-state index in [0.717, 1.165) is 36.1 Å². The number of urea groups is 1. The van der Waals surface area contributed by atoms with Gasteiger partial charge in [0.05, 0.1) is 6.61 Å². The van der Waals surface area contributed by atoms with Gasteiger partial charge in [-0.05, 0) is 67.4 Å². The summed E-state index contributed by atoms with van der Waals surface area (Å²) in [6.45, 7) is 2.19. The zero-order valence-electron chi connectivity index (χ0n) is 20.1. The molecule has 0 radical (unpaired) electrons. The molecule has 0 unspecified atom stereocenters. The molecule has 5 nitrogen and oxygen atoms in total. The molecule has 2 aliphatic heterocycles. The number of amides is 2. The number of anilines is 1. The van der Waals surface area contributed by atoms with Crippen molar-refractivity contribution in [3.8, 4) is 11.8 Å². The van der Waals surface area contributed by atoms with Crippen LogP contribution in [0, 0.1) is 17.7 Å². The van der Waals surface area contributed by atoms with Gasteiger partial charge in [-0.1, -0.05) is 48.2 Å². The quantitative estimate of drug-likeness (QED) is 0.532. The van der Waals surface area contributed by atoms with E-state index in [1.807, 2.05) is 47.4 Å². The van der Waals surface area contributed by atoms with Crippen LogP contribution in [0.15, 0.2) is 78.9 Å². The van der Waals surface area contributed by atoms with Gasteiger partial charge in [-0.25, -0.2) is 9.18 Å². The summed E-state index contributed by atoms with van der Waals surface area (Å²) in [5.41, 5.74) is 3.51. The lowest BCUT2D eigenvalue weighted by Crippen LogP contribution is -2.68. The molecule has 2 heterocycles. The van der Waals surface area contributed by atoms with Gasteiger partial charge in [0.1, 0.15) is 5.82 Å². The van der Waals surface area contributed by atoms with Crippen LogP contribution in [0.4, 0.5) is 14.9 Å². The van der Waals surface area contributed by atoms with E-state index in [4.69, 9.17) is 0 Å². The highest BCUT2D eigenvalue weighted by atomic mass is 19.1. The molecule has 0 aliphatic carbocycles. The predicted octanol–water partition coefficient (Wildman–Crippen LogP) is 4.68. The molecule has 2 N–H and O–H groups in total. The average molecular weight is 484 g/mol. The molecule has 36 heavy (non-hydrogen) atoms. The molecular weight excluding hydrogens is 453 g/mol. The van der Waals surface area contributed by atoms with E-state index < -0.39 is 0 Å². The third-order valence-corrected chi connectivity index (χ3v) is 7.15. The number of halogens is 1. The molecule has 6 heteroatoms. The van der Waals surface area contributed by atoms with Crippen molar-refractivity contribution in [3.63, 3.8) is 0 Å². The highest BCUT2D eigenvalue weighted by molar-refractivity contribution is 5.89. The van der Waals surface area contributed by atoms with Gasteiger partial charge in [0.15, 0.2) is 0 Å². The Morgan fingerprint density at radius 2 is 1.67 bits per heavy atom. The Bertz CT molecular complexity index is 1250. The highest BCUT2D eigenvalue weighted by Crippen LogP contribution is 2.42. The van der Waals surface area contributed by atoms with Crippen LogP contribution in [-0.2, 0) is 0 Å². The minimum Gasteiger partial charge on any atom is -0.395 e. The molecule has 2 saturated heterocycles. The molecule has 3 atom stereocenters. The van der Waals surface area contributed by atoms with Crippen LogP contribution in [0.25, 0.3) is 0 Å². The van der Waals surface area contributed by atoms with Gasteiger partial charge in [0, 0.05) is 47.9 Å². The maximum Gasteiger partial charge on any atom is 0.321 e. The van der Waals surface area contributed by atoms with Gasteiger partial charge in [-0.2, -0.15) is 0 Å². The van der Waals surface area contributed by atoms with Crippen LogP contribution in [0.3, 0.4) is 0 Å². The third-order valence-electron chi connectivity index (χ3n) is 7.15. The molecule has 0 spiro atoms. The maximum atomic E-state index is 13.6. The van der Waals surface area contributed by atoms with E-state index >= 15 is 0 Å². The minimum absolute atomic E-state index is 0.0301. The Balaban J connectivity index is 1.32. The molecule has 184 valence electrons. The first kappa shape index (κ1) is 24.1. The molecule has 3 aromatic carbocycles. The number of carbonyl (C=O) groups is 1. The summed E-state index contributed by atoms with van der Waals surface area (Å²) < 4.78 is 13.6. The normalized spacial score (nSPS) is 21.7. The summed E-state index contributed by atoms with van der Waals surface area (Å²) in [5.74, 6) is 6.14. The number of aliphatic hydroxyl groups is 1. The Kier molecular flexibility index (Phi) is 7.31. The Hall–Kier alpha value is -3.66. The van der Waals surface area contributed by atoms with Crippen molar-refractivity contribution in [1.29, 1.82) is 0 Å². The maximum absolute atomic E-state index is 13.6. The van der Waals surface area contributed by atoms with Gasteiger partial charge in [-0.3, -0.25) is 4.90 Å². The fourth-order valence-electron chi connectivity index (χ4n) is 5.35. The fraction of sp³-hybridized carbons (Fsp3) is 0.300. The van der Waals surface area contributed by atoms with E-state index in [1.54, 1.807) is 12.1 Å². The van der Waals surface area contributed by atoms with Crippen molar-refractivity contribution in [2.45, 2.75) is 30.8 Å². The number of benzene rings is 3. The van der Waals surface area contributed by atoms with Gasteiger partial charge in [0.2, 0.25) is 0 Å². The van der Waals surface area contributed by atoms with Crippen LogP contribution < -0.4 is 5.32 Å². The van der Waals surface area contributed by atoms with Crippen molar-refractivity contribution in [3.05, 3.63) is 101 Å². The zero-order chi connectivity index (χ0) is 24.9. The van der Waals surface area contributed by atoms with Crippen LogP contribution in [-0.4, -0.2) is 59.3 Å². The van der Waals surface area contributed by atoms with Crippen LogP contribution in [0.2, 0.25) is 0 Å². The first-order valence-electron chi connectivity index (χ1n) is 12.5. The van der Waals surface area contributed by atoms with Gasteiger partial charge >= 0.3 is 6.03 Å². The molecule has 2 amide bonds. The number of aliphatic hydroxyl groups excluding tert-OH is 1. The third kappa shape index (κ3) is 5.28. The number of hydrogen-bond acceptors (Lipinski definition) is 3. The van der Waals surface area contributed by atoms with Crippen molar-refractivity contribution in [2.24, 2.45) is 0 Å². The molecule has 3 aromatic rings. The van der Waals surface area contributed by atoms with E-state index in [9.17, 15) is 14.3 Å². The zero-order valence-corrected chi connectivity index (χ0v) is 20.1. The van der Waals surface area contributed by atoms with Gasteiger partial charge in [0.25, 0.3) is 0 Å². The topological polar surface area (TPSA) is 55.8 Å². The van der Waals surface area contributed by atoms with Crippen molar-refractivity contribution < 1.29 is 14.3 Å². The first-order chi connectivity index (χ1) is 17.6. The summed E-state index contributed by atoms with van der Waals surface area (Å²) >= 11 is 0. The van der Waals surface area contributed by atoms with Crippen molar-refractivity contribution >= 4 is 11.7 Å². The standard InChI is InChI=1S/C30H30FN3O2/c31-25-9-6-10-26(19-25)32-30(36)33-17-4-5-18-34-27(20-33)29(28(34)21-35)24-15-13-23(14-16-24)12-11-22-7-2-1-3-8-22/h1-3,6-10,13-16,19,27-29,35H,4-5,17-18,20-21H2,(H,32,36)/t27-,28-,29-/m1/s1. The summed E-state index contributed by atoms with van der Waals surface area (Å²) in [4.78, 5) is 17.2. The predicted molar refractivity (Wildman–Crippen MR) is 139 cm³/mol. The van der Waals surface area contributed by atoms with Crippen LogP contribution in [0.1, 0.15) is 35.4 Å². The second kappa shape index (κ2) is 10.9. The second-order valence-electron chi connectivity index (χ2n) is 9.41. The lowest BCUT2D eigenvalue weighted by molar-refractivity contribution is -0.0585. The molecule has 2 fully saturated rings. The Morgan fingerprint density at radius 3 is 2.39 bits per heavy atom. The lowest BCUT2D eigenvalue weighted by atomic mass is 9.74. The molecule has 5 rings (SSSR count). The number of nitrogens with zero attached hydrogens (tertiary/aromatic N) is 2. The van der Waals surface area contributed by atoms with Crippen LogP contribution in [0.5, 0.6) is 0 Å². The summed E-state index contributed by atoms with van der Waals surface area (Å²) in [7, 11) is 0. The largest absolute Gasteiger partial charge is 0.395 e. The Morgan fingerprint density at radius 1 is 0.944 bits per heavy atom. The summed E-state index contributed by atoms with van der Waals surface area (Å²) in [6, 6.07) is 24.0. The molecule has 0 saturated carbocycles. The summed E-state index contributed by atoms with van der Waals surface area (Å²) in [5, 5.41) is 13.0. The van der Waals surface area contributed by atoms with Crippen molar-refractivity contribution in [1.82, 2.24) is 9.80 Å². The number of hydrogen-bond donors (Lipinski definition) is 2. The van der Waals surface area contributed by atoms with E-state index in [2.05, 4.69) is 34.2 Å². The number of fused-ring (bicyclic) bond motifs is 1. The first-order valence-corrected chi connectivity index (χ1v) is 12.5. The fourth-order valence-corrected chi connectivity index (χ4v) is 5.35. The molecular formula is C30H30FN3O2. The van der Waals surface area contributed by atoms with E-state index in [0.29, 0.717) is 18.8 Å². The smallest absolute Gasteiger partial charge is 0.321 e. The average Bonchev–Trinajstić information content (AvgIpc) is 2.88. The van der Waals surface area contributed by atoms with Gasteiger partial charge < -0.3 is 15.3 Å². The Labute approximate surface area is 211 Å². The number of nitrogens with one attached hydrogen (secondary N) is 1. The van der Waals surface area contributed by atoms with E-state index in [1.165, 1.54) is 12.1 Å². The summed E-state index contributed by atoms with van der Waals surface area (Å²) in [6.07, 6.45) is 1.84. The second-order valence-corrected chi connectivity index (χ2v) is 9.41.